The first-order valence-corrected chi connectivity index (χ1v) is 10.1. The van der Waals surface area contributed by atoms with Gasteiger partial charge < -0.3 is 15.7 Å². The fourth-order valence-electron chi connectivity index (χ4n) is 3.78. The van der Waals surface area contributed by atoms with Crippen molar-refractivity contribution in [2.24, 2.45) is 5.41 Å². The molecule has 4 N–H and O–H groups in total. The smallest absolute Gasteiger partial charge is 0.253 e. The third-order valence-electron chi connectivity index (χ3n) is 5.34. The summed E-state index contributed by atoms with van der Waals surface area (Å²) >= 11 is 0. The molecule has 0 atom stereocenters. The molecule has 2 aliphatic rings. The monoisotopic (exact) mass is 367 g/mol. The lowest BCUT2D eigenvalue weighted by Crippen LogP contribution is -2.49. The van der Waals surface area contributed by atoms with Crippen molar-refractivity contribution in [1.82, 2.24) is 10.0 Å². The van der Waals surface area contributed by atoms with Crippen LogP contribution in [0.25, 0.3) is 0 Å². The quantitative estimate of drug-likeness (QED) is 0.576. The molecule has 1 aromatic rings. The molecule has 1 spiro atoms. The Morgan fingerprint density at radius 1 is 1.32 bits per heavy atom. The Labute approximate surface area is 148 Å². The van der Waals surface area contributed by atoms with E-state index in [4.69, 9.17) is 5.11 Å². The number of aliphatic hydroxyl groups is 1. The number of hydrogen-bond acceptors (Lipinski definition) is 5. The third kappa shape index (κ3) is 3.65. The van der Waals surface area contributed by atoms with Crippen LogP contribution in [0, 0.1) is 5.41 Å². The van der Waals surface area contributed by atoms with Crippen molar-refractivity contribution in [2.45, 2.75) is 43.0 Å². The van der Waals surface area contributed by atoms with Gasteiger partial charge in [-0.25, -0.2) is 13.1 Å². The Bertz CT molecular complexity index is 751. The molecule has 0 radical (unpaired) electrons. The number of amides is 1. The second kappa shape index (κ2) is 6.93. The van der Waals surface area contributed by atoms with Crippen LogP contribution in [0.15, 0.2) is 23.1 Å². The zero-order valence-electron chi connectivity index (χ0n) is 14.3. The third-order valence-corrected chi connectivity index (χ3v) is 6.76. The lowest BCUT2D eigenvalue weighted by molar-refractivity contribution is 0.0192. The number of carbonyl (C=O) groups excluding carboxylic acids is 1. The van der Waals surface area contributed by atoms with Crippen LogP contribution in [-0.2, 0) is 10.0 Å². The van der Waals surface area contributed by atoms with Crippen molar-refractivity contribution >= 4 is 21.6 Å². The summed E-state index contributed by atoms with van der Waals surface area (Å²) in [5, 5.41) is 14.9. The van der Waals surface area contributed by atoms with E-state index in [1.54, 1.807) is 6.07 Å². The molecule has 0 aromatic heterocycles. The van der Waals surface area contributed by atoms with Gasteiger partial charge in [-0.05, 0) is 56.3 Å². The van der Waals surface area contributed by atoms with Crippen molar-refractivity contribution in [2.75, 3.05) is 25.5 Å². The molecule has 0 heterocycles. The van der Waals surface area contributed by atoms with Crippen molar-refractivity contribution in [3.8, 4) is 0 Å². The summed E-state index contributed by atoms with van der Waals surface area (Å²) in [7, 11) is -2.30. The Hall–Kier alpha value is -1.64. The van der Waals surface area contributed by atoms with Crippen LogP contribution in [0.5, 0.6) is 0 Å². The molecule has 0 unspecified atom stereocenters. The highest BCUT2D eigenvalue weighted by molar-refractivity contribution is 7.89. The molecule has 0 bridgehead atoms. The maximum atomic E-state index is 12.4. The minimum atomic E-state index is -3.63. The first-order chi connectivity index (χ1) is 11.9. The van der Waals surface area contributed by atoms with Crippen molar-refractivity contribution < 1.29 is 18.3 Å². The summed E-state index contributed by atoms with van der Waals surface area (Å²) in [6.45, 7) is -0.0536. The second-order valence-electron chi connectivity index (χ2n) is 7.00. The number of anilines is 1. The largest absolute Gasteiger partial charge is 0.395 e. The van der Waals surface area contributed by atoms with Gasteiger partial charge in [-0.2, -0.15) is 0 Å². The lowest BCUT2D eigenvalue weighted by Gasteiger charge is -2.54. The average molecular weight is 367 g/mol. The second-order valence-corrected chi connectivity index (χ2v) is 8.88. The molecule has 138 valence electrons. The first-order valence-electron chi connectivity index (χ1n) is 8.62. The first kappa shape index (κ1) is 18.2. The van der Waals surface area contributed by atoms with Crippen LogP contribution in [-0.4, -0.2) is 45.7 Å². The van der Waals surface area contributed by atoms with Crippen LogP contribution >= 0.6 is 0 Å². The molecule has 2 aliphatic carbocycles. The molecule has 2 saturated carbocycles. The Morgan fingerprint density at radius 3 is 2.60 bits per heavy atom. The van der Waals surface area contributed by atoms with E-state index in [-0.39, 0.29) is 23.6 Å². The van der Waals surface area contributed by atoms with E-state index in [0.717, 1.165) is 12.8 Å². The highest BCUT2D eigenvalue weighted by Crippen LogP contribution is 2.56. The SMILES string of the molecule is CNS(=O)(=O)c1ccc(NC2CC3(CCC3)C2)c(C(=O)NCCO)c1. The lowest BCUT2D eigenvalue weighted by atomic mass is 9.54. The van der Waals surface area contributed by atoms with Gasteiger partial charge in [0.15, 0.2) is 0 Å². The minimum Gasteiger partial charge on any atom is -0.395 e. The zero-order chi connectivity index (χ0) is 18.1. The van der Waals surface area contributed by atoms with Gasteiger partial charge in [-0.1, -0.05) is 6.42 Å². The summed E-state index contributed by atoms with van der Waals surface area (Å²) < 4.78 is 26.3. The molecule has 0 aliphatic heterocycles. The predicted octanol–water partition coefficient (Wildman–Crippen LogP) is 1.06. The fraction of sp³-hybridized carbons (Fsp3) is 0.588. The van der Waals surface area contributed by atoms with E-state index >= 15 is 0 Å². The van der Waals surface area contributed by atoms with Gasteiger partial charge in [-0.15, -0.1) is 0 Å². The molecular weight excluding hydrogens is 342 g/mol. The van der Waals surface area contributed by atoms with Gasteiger partial charge in [0.2, 0.25) is 10.0 Å². The van der Waals surface area contributed by atoms with Crippen LogP contribution in [0.4, 0.5) is 5.69 Å². The number of nitrogens with one attached hydrogen (secondary N) is 3. The summed E-state index contributed by atoms with van der Waals surface area (Å²) in [6, 6.07) is 4.83. The topological polar surface area (TPSA) is 108 Å². The van der Waals surface area contributed by atoms with Gasteiger partial charge in [0.25, 0.3) is 5.91 Å². The number of hydrogen-bond donors (Lipinski definition) is 4. The van der Waals surface area contributed by atoms with Gasteiger partial charge in [0.05, 0.1) is 17.1 Å². The van der Waals surface area contributed by atoms with Crippen molar-refractivity contribution in [1.29, 1.82) is 0 Å². The maximum Gasteiger partial charge on any atom is 0.253 e. The molecule has 2 fully saturated rings. The van der Waals surface area contributed by atoms with Gasteiger partial charge in [0, 0.05) is 18.3 Å². The van der Waals surface area contributed by atoms with E-state index < -0.39 is 15.9 Å². The fourth-order valence-corrected chi connectivity index (χ4v) is 4.54. The van der Waals surface area contributed by atoms with Crippen LogP contribution in [0.1, 0.15) is 42.5 Å². The highest BCUT2D eigenvalue weighted by Gasteiger charge is 2.48. The minimum absolute atomic E-state index is 0.0405. The van der Waals surface area contributed by atoms with Crippen LogP contribution in [0.3, 0.4) is 0 Å². The highest BCUT2D eigenvalue weighted by atomic mass is 32.2. The molecule has 0 saturated heterocycles. The number of rotatable bonds is 7. The number of aliphatic hydroxyl groups excluding tert-OH is 1. The average Bonchev–Trinajstić information content (AvgIpc) is 2.53. The normalized spacial score (nSPS) is 19.1. The van der Waals surface area contributed by atoms with E-state index in [0.29, 0.717) is 17.1 Å². The van der Waals surface area contributed by atoms with Gasteiger partial charge >= 0.3 is 0 Å². The summed E-state index contributed by atoms with van der Waals surface area (Å²) in [6.07, 6.45) is 6.07. The standard InChI is InChI=1S/C17H25N3O4S/c1-18-25(23,24)13-3-4-15(14(9-13)16(22)19-7-8-21)20-12-10-17(11-12)5-2-6-17/h3-4,9,12,18,20-21H,2,5-8,10-11H2,1H3,(H,19,22). The molecule has 1 aromatic carbocycles. The van der Waals surface area contributed by atoms with Gasteiger partial charge in [0.1, 0.15) is 0 Å². The summed E-state index contributed by atoms with van der Waals surface area (Å²) in [5.41, 5.74) is 1.41. The van der Waals surface area contributed by atoms with Gasteiger partial charge in [-0.3, -0.25) is 4.79 Å². The molecule has 8 heteroatoms. The van der Waals surface area contributed by atoms with Crippen molar-refractivity contribution in [3.63, 3.8) is 0 Å². The molecule has 25 heavy (non-hydrogen) atoms. The van der Waals surface area contributed by atoms with E-state index in [2.05, 4.69) is 15.4 Å². The number of carbonyl (C=O) groups is 1. The van der Waals surface area contributed by atoms with E-state index in [1.807, 2.05) is 0 Å². The number of sulfonamides is 1. The van der Waals surface area contributed by atoms with Crippen LogP contribution in [0.2, 0.25) is 0 Å². The van der Waals surface area contributed by atoms with Crippen molar-refractivity contribution in [3.05, 3.63) is 23.8 Å². The van der Waals surface area contributed by atoms with Crippen LogP contribution < -0.4 is 15.4 Å². The molecule has 3 rings (SSSR count). The van der Waals surface area contributed by atoms with E-state index in [1.165, 1.54) is 38.4 Å². The zero-order valence-corrected chi connectivity index (χ0v) is 15.2. The summed E-state index contributed by atoms with van der Waals surface area (Å²) in [5.74, 6) is -0.401. The predicted molar refractivity (Wildman–Crippen MR) is 95.0 cm³/mol. The maximum absolute atomic E-state index is 12.4. The molecular formula is C17H25N3O4S. The Kier molecular flexibility index (Phi) is 5.04. The molecule has 1 amide bonds. The molecule has 7 nitrogen and oxygen atoms in total. The summed E-state index contributed by atoms with van der Waals surface area (Å²) in [4.78, 5) is 12.4. The Morgan fingerprint density at radius 2 is 2.04 bits per heavy atom. The number of benzene rings is 1. The van der Waals surface area contributed by atoms with E-state index in [9.17, 15) is 13.2 Å². The Balaban J connectivity index is 1.81.